The summed E-state index contributed by atoms with van der Waals surface area (Å²) in [6.45, 7) is 5.13. The number of hydrogen-bond acceptors (Lipinski definition) is 3. The summed E-state index contributed by atoms with van der Waals surface area (Å²) in [5, 5.41) is 0.445. The van der Waals surface area contributed by atoms with Crippen LogP contribution in [0.15, 0.2) is 39.5 Å². The van der Waals surface area contributed by atoms with E-state index in [4.69, 9.17) is 11.6 Å². The number of allylic oxidation sites excluding steroid dienone is 2. The van der Waals surface area contributed by atoms with Crippen molar-refractivity contribution in [3.8, 4) is 0 Å². The van der Waals surface area contributed by atoms with Crippen molar-refractivity contribution in [3.05, 3.63) is 24.6 Å². The molecule has 0 saturated heterocycles. The largest absolute Gasteiger partial charge is 0.277 e. The van der Waals surface area contributed by atoms with Crippen LogP contribution in [0, 0.1) is 0 Å². The molecule has 0 spiro atoms. The Morgan fingerprint density at radius 3 is 2.54 bits per heavy atom. The average molecular weight is 198 g/mol. The highest BCUT2D eigenvalue weighted by Gasteiger charge is 1.83. The summed E-state index contributed by atoms with van der Waals surface area (Å²) < 4.78 is 0. The van der Waals surface area contributed by atoms with Crippen LogP contribution >= 0.6 is 11.6 Å². The minimum absolute atomic E-state index is 0.445. The standard InChI is InChI=1S/C9H12ClN3/c1-8(13-7-6-11-2)4-5-9(10)12-3/h4-7H,2H2,1,3H3/b5-4-,7-6-,12-9+,13-8+. The minimum Gasteiger partial charge on any atom is -0.277 e. The Morgan fingerprint density at radius 1 is 1.31 bits per heavy atom. The third-order valence-electron chi connectivity index (χ3n) is 1.13. The molecule has 70 valence electrons. The zero-order valence-corrected chi connectivity index (χ0v) is 8.49. The van der Waals surface area contributed by atoms with E-state index in [2.05, 4.69) is 21.7 Å². The predicted molar refractivity (Wildman–Crippen MR) is 60.2 cm³/mol. The van der Waals surface area contributed by atoms with Crippen LogP contribution in [0.5, 0.6) is 0 Å². The lowest BCUT2D eigenvalue weighted by Crippen LogP contribution is -1.85. The first-order valence-corrected chi connectivity index (χ1v) is 4.04. The maximum absolute atomic E-state index is 5.63. The van der Waals surface area contributed by atoms with Crippen LogP contribution in [0.3, 0.4) is 0 Å². The van der Waals surface area contributed by atoms with Crippen molar-refractivity contribution in [3.63, 3.8) is 0 Å². The molecule has 0 aliphatic heterocycles. The van der Waals surface area contributed by atoms with Gasteiger partial charge in [-0.25, -0.2) is 0 Å². The van der Waals surface area contributed by atoms with E-state index in [1.165, 1.54) is 6.20 Å². The fourth-order valence-corrected chi connectivity index (χ4v) is 0.568. The van der Waals surface area contributed by atoms with Crippen LogP contribution in [0.2, 0.25) is 0 Å². The van der Waals surface area contributed by atoms with Crippen molar-refractivity contribution in [1.29, 1.82) is 0 Å². The summed E-state index contributed by atoms with van der Waals surface area (Å²) in [7, 11) is 1.63. The molecule has 0 unspecified atom stereocenters. The average Bonchev–Trinajstić information content (AvgIpc) is 2.14. The summed E-state index contributed by atoms with van der Waals surface area (Å²) in [6.07, 6.45) is 6.51. The third kappa shape index (κ3) is 7.15. The molecular formula is C9H12ClN3. The normalized spacial score (nSPS) is 14.4. The van der Waals surface area contributed by atoms with Crippen molar-refractivity contribution < 1.29 is 0 Å². The van der Waals surface area contributed by atoms with Crippen LogP contribution in [0.25, 0.3) is 0 Å². The van der Waals surface area contributed by atoms with Gasteiger partial charge in [-0.1, -0.05) is 11.6 Å². The smallest absolute Gasteiger partial charge is 0.123 e. The van der Waals surface area contributed by atoms with Crippen molar-refractivity contribution in [2.45, 2.75) is 6.92 Å². The second-order valence-electron chi connectivity index (χ2n) is 2.13. The third-order valence-corrected chi connectivity index (χ3v) is 1.42. The number of halogens is 1. The van der Waals surface area contributed by atoms with E-state index in [1.54, 1.807) is 25.4 Å². The van der Waals surface area contributed by atoms with Gasteiger partial charge >= 0.3 is 0 Å². The number of nitrogens with zero attached hydrogens (tertiary/aromatic N) is 3. The van der Waals surface area contributed by atoms with Crippen LogP contribution in [0.1, 0.15) is 6.92 Å². The number of aliphatic imine (C=N–C) groups is 3. The monoisotopic (exact) mass is 197 g/mol. The molecule has 0 atom stereocenters. The molecule has 0 fully saturated rings. The van der Waals surface area contributed by atoms with E-state index in [0.29, 0.717) is 5.17 Å². The first-order chi connectivity index (χ1) is 6.20. The zero-order valence-electron chi connectivity index (χ0n) is 7.74. The van der Waals surface area contributed by atoms with E-state index in [0.717, 1.165) is 5.71 Å². The fraction of sp³-hybridized carbons (Fsp3) is 0.222. The molecule has 0 rings (SSSR count). The van der Waals surface area contributed by atoms with Gasteiger partial charge in [0.2, 0.25) is 0 Å². The Kier molecular flexibility index (Phi) is 6.73. The molecule has 0 amide bonds. The molecule has 0 aromatic heterocycles. The first kappa shape index (κ1) is 11.8. The van der Waals surface area contributed by atoms with E-state index in [9.17, 15) is 0 Å². The Hall–Kier alpha value is -1.22. The lowest BCUT2D eigenvalue weighted by Gasteiger charge is -1.87. The second kappa shape index (κ2) is 7.43. The molecule has 0 radical (unpaired) electrons. The molecule has 0 heterocycles. The van der Waals surface area contributed by atoms with Crippen LogP contribution in [-0.4, -0.2) is 24.6 Å². The van der Waals surface area contributed by atoms with E-state index >= 15 is 0 Å². The second-order valence-corrected chi connectivity index (χ2v) is 2.52. The molecule has 0 aromatic rings. The maximum Gasteiger partial charge on any atom is 0.123 e. The highest BCUT2D eigenvalue weighted by Crippen LogP contribution is 1.89. The van der Waals surface area contributed by atoms with Crippen LogP contribution in [-0.2, 0) is 0 Å². The van der Waals surface area contributed by atoms with Crippen LogP contribution in [0.4, 0.5) is 0 Å². The topological polar surface area (TPSA) is 37.1 Å². The molecule has 13 heavy (non-hydrogen) atoms. The van der Waals surface area contributed by atoms with Gasteiger partial charge in [0.1, 0.15) is 5.17 Å². The molecule has 0 aliphatic carbocycles. The highest BCUT2D eigenvalue weighted by molar-refractivity contribution is 6.68. The van der Waals surface area contributed by atoms with Gasteiger partial charge < -0.3 is 0 Å². The van der Waals surface area contributed by atoms with Crippen molar-refractivity contribution in [2.24, 2.45) is 15.0 Å². The molecule has 3 nitrogen and oxygen atoms in total. The van der Waals surface area contributed by atoms with Crippen molar-refractivity contribution in [1.82, 2.24) is 0 Å². The van der Waals surface area contributed by atoms with E-state index in [-0.39, 0.29) is 0 Å². The quantitative estimate of drug-likeness (QED) is 0.621. The van der Waals surface area contributed by atoms with Gasteiger partial charge in [0.25, 0.3) is 0 Å². The summed E-state index contributed by atoms with van der Waals surface area (Å²) >= 11 is 5.63. The SMILES string of the molecule is C=N\C=C/N=C(C)/C=C\C(Cl)=N/C. The molecule has 0 aliphatic rings. The van der Waals surface area contributed by atoms with Gasteiger partial charge in [0.05, 0.1) is 0 Å². The van der Waals surface area contributed by atoms with Gasteiger partial charge in [0, 0.05) is 25.2 Å². The van der Waals surface area contributed by atoms with E-state index in [1.807, 2.05) is 6.92 Å². The molecule has 4 heteroatoms. The lowest BCUT2D eigenvalue weighted by molar-refractivity contribution is 1.46. The Balaban J connectivity index is 4.21. The van der Waals surface area contributed by atoms with Crippen LogP contribution < -0.4 is 0 Å². The summed E-state index contributed by atoms with van der Waals surface area (Å²) in [5.74, 6) is 0. The fourth-order valence-electron chi connectivity index (χ4n) is 0.505. The van der Waals surface area contributed by atoms with Gasteiger partial charge in [0.15, 0.2) is 0 Å². The van der Waals surface area contributed by atoms with Crippen molar-refractivity contribution in [2.75, 3.05) is 7.05 Å². The van der Waals surface area contributed by atoms with Crippen molar-refractivity contribution >= 4 is 29.2 Å². The van der Waals surface area contributed by atoms with Gasteiger partial charge in [-0.3, -0.25) is 15.0 Å². The molecular weight excluding hydrogens is 186 g/mol. The highest BCUT2D eigenvalue weighted by atomic mass is 35.5. The first-order valence-electron chi connectivity index (χ1n) is 3.66. The maximum atomic E-state index is 5.63. The van der Waals surface area contributed by atoms with E-state index < -0.39 is 0 Å². The lowest BCUT2D eigenvalue weighted by atomic mass is 10.4. The molecule has 0 aromatic carbocycles. The Morgan fingerprint density at radius 2 is 2.00 bits per heavy atom. The number of rotatable bonds is 4. The number of hydrogen-bond donors (Lipinski definition) is 0. The summed E-state index contributed by atoms with van der Waals surface area (Å²) in [6, 6.07) is 0. The molecule has 0 N–H and O–H groups in total. The summed E-state index contributed by atoms with van der Waals surface area (Å²) in [4.78, 5) is 11.3. The minimum atomic E-state index is 0.445. The Bertz CT molecular complexity index is 275. The Labute approximate surface area is 83.3 Å². The van der Waals surface area contributed by atoms with Gasteiger partial charge in [-0.05, 0) is 25.8 Å². The molecule has 0 bridgehead atoms. The zero-order chi connectivity index (χ0) is 10.1. The van der Waals surface area contributed by atoms with Gasteiger partial charge in [-0.2, -0.15) is 0 Å². The predicted octanol–water partition coefficient (Wildman–Crippen LogP) is 2.44. The van der Waals surface area contributed by atoms with Gasteiger partial charge in [-0.15, -0.1) is 0 Å². The summed E-state index contributed by atoms with van der Waals surface area (Å²) in [5.41, 5.74) is 0.821. The molecule has 0 saturated carbocycles.